The molecule has 0 spiro atoms. The number of piperidine rings is 1. The summed E-state index contributed by atoms with van der Waals surface area (Å²) in [4.78, 5) is 15.0. The minimum atomic E-state index is -3.71. The van der Waals surface area contributed by atoms with Gasteiger partial charge >= 0.3 is 0 Å². The summed E-state index contributed by atoms with van der Waals surface area (Å²) >= 11 is 0. The van der Waals surface area contributed by atoms with E-state index in [0.717, 1.165) is 6.54 Å². The summed E-state index contributed by atoms with van der Waals surface area (Å²) in [5.41, 5.74) is 0.158. The van der Waals surface area contributed by atoms with Gasteiger partial charge in [-0.2, -0.15) is 9.57 Å². The number of nitriles is 1. The minimum Gasteiger partial charge on any atom is -0.340 e. The van der Waals surface area contributed by atoms with Crippen LogP contribution in [0.4, 0.5) is 0 Å². The van der Waals surface area contributed by atoms with Crippen LogP contribution in [0.3, 0.4) is 0 Å². The van der Waals surface area contributed by atoms with Crippen LogP contribution in [0.15, 0.2) is 29.2 Å². The van der Waals surface area contributed by atoms with Crippen LogP contribution in [0, 0.1) is 23.2 Å². The molecule has 0 N–H and O–H groups in total. The van der Waals surface area contributed by atoms with Crippen LogP contribution in [-0.2, 0) is 14.8 Å². The van der Waals surface area contributed by atoms with Crippen molar-refractivity contribution in [1.82, 2.24) is 9.21 Å². The molecule has 1 saturated carbocycles. The van der Waals surface area contributed by atoms with Gasteiger partial charge in [0, 0.05) is 31.6 Å². The van der Waals surface area contributed by atoms with E-state index in [1.165, 1.54) is 29.3 Å². The summed E-state index contributed by atoms with van der Waals surface area (Å²) in [5, 5.41) is 9.20. The molecule has 146 valence electrons. The number of hydrogen-bond acceptors (Lipinski definition) is 4. The first-order valence-corrected chi connectivity index (χ1v) is 11.1. The van der Waals surface area contributed by atoms with E-state index in [9.17, 15) is 18.5 Å². The lowest BCUT2D eigenvalue weighted by atomic mass is 9.96. The van der Waals surface area contributed by atoms with Crippen molar-refractivity contribution in [2.75, 3.05) is 19.6 Å². The second kappa shape index (κ2) is 7.99. The second-order valence-corrected chi connectivity index (χ2v) is 9.72. The number of benzene rings is 1. The smallest absolute Gasteiger partial charge is 0.244 e. The lowest BCUT2D eigenvalue weighted by molar-refractivity contribution is -0.138. The highest BCUT2D eigenvalue weighted by Gasteiger charge is 2.36. The van der Waals surface area contributed by atoms with Crippen LogP contribution < -0.4 is 0 Å². The third-order valence-corrected chi connectivity index (χ3v) is 7.44. The maximum Gasteiger partial charge on any atom is 0.244 e. The van der Waals surface area contributed by atoms with E-state index in [-0.39, 0.29) is 28.3 Å². The second-order valence-electron chi connectivity index (χ2n) is 7.81. The molecule has 2 aliphatic rings. The van der Waals surface area contributed by atoms with Gasteiger partial charge in [-0.05, 0) is 57.6 Å². The third kappa shape index (κ3) is 4.33. The fourth-order valence-corrected chi connectivity index (χ4v) is 5.25. The van der Waals surface area contributed by atoms with Gasteiger partial charge in [0.05, 0.1) is 10.5 Å². The van der Waals surface area contributed by atoms with Gasteiger partial charge in [-0.15, -0.1) is 0 Å². The Kier molecular flexibility index (Phi) is 5.87. The molecule has 3 rings (SSSR count). The van der Waals surface area contributed by atoms with Gasteiger partial charge in [-0.3, -0.25) is 4.79 Å². The van der Waals surface area contributed by atoms with Gasteiger partial charge < -0.3 is 4.90 Å². The molecule has 6 nitrogen and oxygen atoms in total. The molecule has 1 amide bonds. The number of carbonyl (C=O) groups excluding carboxylic acids is 1. The maximum absolute atomic E-state index is 12.9. The molecule has 0 aromatic heterocycles. The van der Waals surface area contributed by atoms with Gasteiger partial charge in [0.1, 0.15) is 6.07 Å². The summed E-state index contributed by atoms with van der Waals surface area (Å²) in [6.07, 6.45) is 3.46. The monoisotopic (exact) mass is 389 g/mol. The molecule has 1 aliphatic heterocycles. The Balaban J connectivity index is 1.67. The summed E-state index contributed by atoms with van der Waals surface area (Å²) in [7, 11) is -3.71. The maximum atomic E-state index is 12.9. The van der Waals surface area contributed by atoms with E-state index < -0.39 is 10.0 Å². The van der Waals surface area contributed by atoms with E-state index in [1.54, 1.807) is 12.1 Å². The Hall–Kier alpha value is -1.91. The summed E-state index contributed by atoms with van der Waals surface area (Å²) < 4.78 is 27.2. The van der Waals surface area contributed by atoms with Gasteiger partial charge in [-0.25, -0.2) is 8.42 Å². The minimum absolute atomic E-state index is 0.0508. The number of hydrogen-bond donors (Lipinski definition) is 0. The number of amides is 1. The van der Waals surface area contributed by atoms with E-state index in [1.807, 2.05) is 24.8 Å². The molecule has 0 atom stereocenters. The summed E-state index contributed by atoms with van der Waals surface area (Å²) in [6, 6.07) is 8.39. The quantitative estimate of drug-likeness (QED) is 0.749. The SMILES string of the molecule is CC(C)N(CC1CC1)C(=O)C1CCN(S(=O)(=O)c2ccccc2C#N)CC1. The van der Waals surface area contributed by atoms with E-state index in [0.29, 0.717) is 31.8 Å². The van der Waals surface area contributed by atoms with E-state index in [2.05, 4.69) is 0 Å². The van der Waals surface area contributed by atoms with Gasteiger partial charge in [-0.1, -0.05) is 12.1 Å². The molecular formula is C20H27N3O3S. The zero-order chi connectivity index (χ0) is 19.6. The zero-order valence-electron chi connectivity index (χ0n) is 16.0. The first-order valence-electron chi connectivity index (χ1n) is 9.64. The van der Waals surface area contributed by atoms with Crippen LogP contribution in [-0.4, -0.2) is 49.2 Å². The third-order valence-electron chi connectivity index (χ3n) is 5.49. The van der Waals surface area contributed by atoms with Crippen molar-refractivity contribution in [2.45, 2.75) is 50.5 Å². The lowest BCUT2D eigenvalue weighted by Gasteiger charge is -2.35. The first kappa shape index (κ1) is 19.8. The number of sulfonamides is 1. The molecular weight excluding hydrogens is 362 g/mol. The average molecular weight is 390 g/mol. The van der Waals surface area contributed by atoms with Crippen LogP contribution in [0.25, 0.3) is 0 Å². The fourth-order valence-electron chi connectivity index (χ4n) is 3.63. The van der Waals surface area contributed by atoms with Crippen LogP contribution in [0.1, 0.15) is 45.1 Å². The highest BCUT2D eigenvalue weighted by atomic mass is 32.2. The molecule has 0 radical (unpaired) electrons. The molecule has 7 heteroatoms. The fraction of sp³-hybridized carbons (Fsp3) is 0.600. The Morgan fingerprint density at radius 1 is 1.22 bits per heavy atom. The van der Waals surface area contributed by atoms with Crippen LogP contribution in [0.2, 0.25) is 0 Å². The normalized spacial score (nSPS) is 19.0. The van der Waals surface area contributed by atoms with Crippen LogP contribution >= 0.6 is 0 Å². The Labute approximate surface area is 161 Å². The molecule has 0 unspecified atom stereocenters. The Morgan fingerprint density at radius 3 is 2.41 bits per heavy atom. The predicted molar refractivity (Wildman–Crippen MR) is 102 cm³/mol. The molecule has 2 fully saturated rings. The molecule has 0 bridgehead atoms. The first-order chi connectivity index (χ1) is 12.8. The highest BCUT2D eigenvalue weighted by molar-refractivity contribution is 7.89. The molecule has 1 aromatic carbocycles. The predicted octanol–water partition coefficient (Wildman–Crippen LogP) is 2.61. The standard InChI is InChI=1S/C20H27N3O3S/c1-15(2)23(14-16-7-8-16)20(24)17-9-11-22(12-10-17)27(25,26)19-6-4-3-5-18(19)13-21/h3-6,15-17H,7-12,14H2,1-2H3. The number of carbonyl (C=O) groups is 1. The van der Waals surface area contributed by atoms with Gasteiger partial charge in [0.2, 0.25) is 15.9 Å². The lowest BCUT2D eigenvalue weighted by Crippen LogP contribution is -2.47. The molecule has 27 heavy (non-hydrogen) atoms. The van der Waals surface area contributed by atoms with E-state index >= 15 is 0 Å². The largest absolute Gasteiger partial charge is 0.340 e. The Morgan fingerprint density at radius 2 is 1.85 bits per heavy atom. The van der Waals surface area contributed by atoms with Crippen LogP contribution in [0.5, 0.6) is 0 Å². The van der Waals surface area contributed by atoms with Crippen molar-refractivity contribution < 1.29 is 13.2 Å². The zero-order valence-corrected chi connectivity index (χ0v) is 16.8. The van der Waals surface area contributed by atoms with Gasteiger partial charge in [0.15, 0.2) is 0 Å². The number of nitrogens with zero attached hydrogens (tertiary/aromatic N) is 3. The van der Waals surface area contributed by atoms with E-state index in [4.69, 9.17) is 0 Å². The topological polar surface area (TPSA) is 81.5 Å². The molecule has 1 aliphatic carbocycles. The van der Waals surface area contributed by atoms with Crippen molar-refractivity contribution in [1.29, 1.82) is 5.26 Å². The average Bonchev–Trinajstić information content (AvgIpc) is 3.49. The van der Waals surface area contributed by atoms with Crippen molar-refractivity contribution in [3.63, 3.8) is 0 Å². The number of rotatable bonds is 6. The van der Waals surface area contributed by atoms with Crippen molar-refractivity contribution in [2.24, 2.45) is 11.8 Å². The molecule has 1 heterocycles. The Bertz CT molecular complexity index is 832. The van der Waals surface area contributed by atoms with Crippen molar-refractivity contribution in [3.05, 3.63) is 29.8 Å². The summed E-state index contributed by atoms with van der Waals surface area (Å²) in [5.74, 6) is 0.675. The summed E-state index contributed by atoms with van der Waals surface area (Å²) in [6.45, 7) is 5.53. The highest BCUT2D eigenvalue weighted by Crippen LogP contribution is 2.32. The molecule has 1 saturated heterocycles. The van der Waals surface area contributed by atoms with Crippen molar-refractivity contribution in [3.8, 4) is 6.07 Å². The molecule has 1 aromatic rings. The van der Waals surface area contributed by atoms with Crippen molar-refractivity contribution >= 4 is 15.9 Å². The van der Waals surface area contributed by atoms with Gasteiger partial charge in [0.25, 0.3) is 0 Å².